The Morgan fingerprint density at radius 1 is 1.14 bits per heavy atom. The molecule has 1 aliphatic carbocycles. The number of anilines is 2. The predicted octanol–water partition coefficient (Wildman–Crippen LogP) is 1.71. The molecule has 4 atom stereocenters. The minimum absolute atomic E-state index is 0.0621. The van der Waals surface area contributed by atoms with E-state index in [4.69, 9.17) is 0 Å². The summed E-state index contributed by atoms with van der Waals surface area (Å²) in [6.07, 6.45) is 4.87. The van der Waals surface area contributed by atoms with Crippen molar-refractivity contribution < 1.29 is 5.11 Å². The SMILES string of the molecule is CN(C)c1nsc(N2C[C@H]3C[C@@H](n4cc(-c5ccccn5)nn4)[C@H](O)C[C@H]3C2)n1. The van der Waals surface area contributed by atoms with Crippen molar-refractivity contribution in [1.29, 1.82) is 0 Å². The van der Waals surface area contributed by atoms with E-state index in [1.54, 1.807) is 6.20 Å². The Kier molecular flexibility index (Phi) is 4.67. The van der Waals surface area contributed by atoms with Gasteiger partial charge in [0.15, 0.2) is 0 Å². The van der Waals surface area contributed by atoms with Crippen LogP contribution < -0.4 is 9.80 Å². The molecule has 2 aliphatic rings. The van der Waals surface area contributed by atoms with Crippen LogP contribution in [0.2, 0.25) is 0 Å². The van der Waals surface area contributed by atoms with Gasteiger partial charge in [-0.25, -0.2) is 4.68 Å². The van der Waals surface area contributed by atoms with E-state index >= 15 is 0 Å². The monoisotopic (exact) mass is 412 g/mol. The normalized spacial score (nSPS) is 26.5. The van der Waals surface area contributed by atoms with Gasteiger partial charge in [-0.2, -0.15) is 9.36 Å². The summed E-state index contributed by atoms with van der Waals surface area (Å²) in [4.78, 5) is 13.2. The first-order valence-electron chi connectivity index (χ1n) is 9.86. The third-order valence-electron chi connectivity index (χ3n) is 5.96. The molecular weight excluding hydrogens is 388 g/mol. The summed E-state index contributed by atoms with van der Waals surface area (Å²) < 4.78 is 6.25. The summed E-state index contributed by atoms with van der Waals surface area (Å²) >= 11 is 1.45. The lowest BCUT2D eigenvalue weighted by Gasteiger charge is -2.34. The molecule has 29 heavy (non-hydrogen) atoms. The molecule has 0 radical (unpaired) electrons. The van der Waals surface area contributed by atoms with Crippen LogP contribution in [0.1, 0.15) is 18.9 Å². The van der Waals surface area contributed by atoms with Crippen molar-refractivity contribution >= 4 is 22.6 Å². The number of hydrogen-bond acceptors (Lipinski definition) is 9. The van der Waals surface area contributed by atoms with Crippen molar-refractivity contribution in [3.05, 3.63) is 30.6 Å². The fourth-order valence-corrected chi connectivity index (χ4v) is 5.19. The number of aliphatic hydroxyl groups is 1. The second-order valence-corrected chi connectivity index (χ2v) is 8.83. The summed E-state index contributed by atoms with van der Waals surface area (Å²) in [6.45, 7) is 1.87. The maximum atomic E-state index is 10.8. The number of aromatic nitrogens is 6. The lowest BCUT2D eigenvalue weighted by molar-refractivity contribution is 0.0299. The van der Waals surface area contributed by atoms with E-state index in [0.29, 0.717) is 11.8 Å². The first-order valence-corrected chi connectivity index (χ1v) is 10.6. The Hall–Kier alpha value is -2.59. The molecule has 9 nitrogen and oxygen atoms in total. The topological polar surface area (TPSA) is 96.1 Å². The van der Waals surface area contributed by atoms with E-state index in [0.717, 1.165) is 48.4 Å². The molecule has 2 fully saturated rings. The average Bonchev–Trinajstić information content (AvgIpc) is 3.46. The van der Waals surface area contributed by atoms with Crippen molar-refractivity contribution in [2.24, 2.45) is 11.8 Å². The number of rotatable bonds is 4. The molecule has 1 N–H and O–H groups in total. The van der Waals surface area contributed by atoms with Gasteiger partial charge in [-0.3, -0.25) is 4.98 Å². The smallest absolute Gasteiger partial charge is 0.238 e. The highest BCUT2D eigenvalue weighted by Crippen LogP contribution is 2.43. The van der Waals surface area contributed by atoms with Gasteiger partial charge >= 0.3 is 0 Å². The highest BCUT2D eigenvalue weighted by molar-refractivity contribution is 7.09. The van der Waals surface area contributed by atoms with Crippen LogP contribution in [-0.4, -0.2) is 67.7 Å². The van der Waals surface area contributed by atoms with Crippen LogP contribution in [0.15, 0.2) is 30.6 Å². The lowest BCUT2D eigenvalue weighted by atomic mass is 9.77. The summed E-state index contributed by atoms with van der Waals surface area (Å²) in [5.41, 5.74) is 1.53. The van der Waals surface area contributed by atoms with Crippen molar-refractivity contribution in [1.82, 2.24) is 29.3 Å². The Morgan fingerprint density at radius 3 is 2.69 bits per heavy atom. The van der Waals surface area contributed by atoms with Gasteiger partial charge in [0.1, 0.15) is 5.69 Å². The molecular formula is C19H24N8OS. The van der Waals surface area contributed by atoms with Gasteiger partial charge in [0, 0.05) is 44.9 Å². The van der Waals surface area contributed by atoms with Gasteiger partial charge in [0.2, 0.25) is 11.1 Å². The molecule has 0 spiro atoms. The summed E-state index contributed by atoms with van der Waals surface area (Å²) in [5.74, 6) is 1.71. The number of fused-ring (bicyclic) bond motifs is 1. The maximum absolute atomic E-state index is 10.8. The molecule has 3 aromatic rings. The van der Waals surface area contributed by atoms with E-state index in [1.165, 1.54) is 11.5 Å². The quantitative estimate of drug-likeness (QED) is 0.692. The molecule has 152 valence electrons. The van der Waals surface area contributed by atoms with Gasteiger partial charge in [-0.1, -0.05) is 11.3 Å². The van der Waals surface area contributed by atoms with E-state index < -0.39 is 6.10 Å². The fraction of sp³-hybridized carbons (Fsp3) is 0.526. The molecule has 0 unspecified atom stereocenters. The van der Waals surface area contributed by atoms with Crippen molar-refractivity contribution in [2.45, 2.75) is 25.0 Å². The van der Waals surface area contributed by atoms with Crippen LogP contribution in [0.3, 0.4) is 0 Å². The largest absolute Gasteiger partial charge is 0.391 e. The second kappa shape index (κ2) is 7.34. The van der Waals surface area contributed by atoms with E-state index in [1.807, 2.05) is 48.1 Å². The summed E-state index contributed by atoms with van der Waals surface area (Å²) in [5, 5.41) is 20.4. The second-order valence-electron chi connectivity index (χ2n) is 8.10. The molecule has 0 amide bonds. The van der Waals surface area contributed by atoms with Gasteiger partial charge in [-0.05, 0) is 36.8 Å². The molecule has 1 aliphatic heterocycles. The zero-order chi connectivity index (χ0) is 20.0. The Morgan fingerprint density at radius 2 is 1.97 bits per heavy atom. The summed E-state index contributed by atoms with van der Waals surface area (Å²) in [7, 11) is 3.90. The number of pyridine rings is 1. The highest BCUT2D eigenvalue weighted by atomic mass is 32.1. The Labute approximate surface area is 173 Å². The van der Waals surface area contributed by atoms with Gasteiger partial charge in [-0.15, -0.1) is 5.10 Å². The minimum Gasteiger partial charge on any atom is -0.391 e. The third kappa shape index (κ3) is 3.46. The van der Waals surface area contributed by atoms with Crippen LogP contribution in [-0.2, 0) is 0 Å². The van der Waals surface area contributed by atoms with Crippen LogP contribution in [0.4, 0.5) is 11.1 Å². The third-order valence-corrected chi connectivity index (χ3v) is 6.73. The van der Waals surface area contributed by atoms with E-state index in [2.05, 4.69) is 29.6 Å². The first-order chi connectivity index (χ1) is 14.1. The molecule has 1 saturated heterocycles. The Balaban J connectivity index is 1.31. The van der Waals surface area contributed by atoms with Gasteiger partial charge in [0.05, 0.1) is 24.0 Å². The predicted molar refractivity (Wildman–Crippen MR) is 111 cm³/mol. The molecule has 0 aromatic carbocycles. The molecule has 0 bridgehead atoms. The van der Waals surface area contributed by atoms with Gasteiger partial charge < -0.3 is 14.9 Å². The zero-order valence-electron chi connectivity index (χ0n) is 16.5. The molecule has 1 saturated carbocycles. The zero-order valence-corrected chi connectivity index (χ0v) is 17.3. The minimum atomic E-state index is -0.429. The maximum Gasteiger partial charge on any atom is 0.238 e. The Bertz CT molecular complexity index is 974. The van der Waals surface area contributed by atoms with E-state index in [9.17, 15) is 5.11 Å². The molecule has 5 rings (SSSR count). The standard InChI is InChI=1S/C19H24N8OS/c1-25(2)18-21-19(29-23-18)26-9-12-7-16(17(28)8-13(12)10-26)27-11-15(22-24-27)14-5-3-4-6-20-14/h3-6,11-13,16-17,28H,7-10H2,1-2H3/t12-,13+,16-,17-/m1/s1. The molecule has 3 aromatic heterocycles. The average molecular weight is 413 g/mol. The fourth-order valence-electron chi connectivity index (χ4n) is 4.44. The van der Waals surface area contributed by atoms with Crippen LogP contribution in [0, 0.1) is 11.8 Å². The van der Waals surface area contributed by atoms with Crippen LogP contribution in [0.5, 0.6) is 0 Å². The lowest BCUT2D eigenvalue weighted by Crippen LogP contribution is -2.36. The number of nitrogens with zero attached hydrogens (tertiary/aromatic N) is 8. The van der Waals surface area contributed by atoms with Crippen LogP contribution >= 0.6 is 11.5 Å². The van der Waals surface area contributed by atoms with Crippen molar-refractivity contribution in [3.63, 3.8) is 0 Å². The summed E-state index contributed by atoms with van der Waals surface area (Å²) in [6, 6.07) is 5.67. The van der Waals surface area contributed by atoms with Crippen molar-refractivity contribution in [2.75, 3.05) is 37.0 Å². The van der Waals surface area contributed by atoms with Crippen LogP contribution in [0.25, 0.3) is 11.4 Å². The van der Waals surface area contributed by atoms with Gasteiger partial charge in [0.25, 0.3) is 0 Å². The number of hydrogen-bond donors (Lipinski definition) is 1. The number of aliphatic hydroxyl groups excluding tert-OH is 1. The molecule has 10 heteroatoms. The highest BCUT2D eigenvalue weighted by Gasteiger charge is 2.43. The van der Waals surface area contributed by atoms with Crippen molar-refractivity contribution in [3.8, 4) is 11.4 Å². The molecule has 4 heterocycles. The van der Waals surface area contributed by atoms with E-state index in [-0.39, 0.29) is 6.04 Å². The first kappa shape index (κ1) is 18.4.